The van der Waals surface area contributed by atoms with Gasteiger partial charge in [-0.2, -0.15) is 0 Å². The van der Waals surface area contributed by atoms with Gasteiger partial charge < -0.3 is 0 Å². The summed E-state index contributed by atoms with van der Waals surface area (Å²) in [6.45, 7) is 0.516. The number of imide groups is 1. The molecule has 1 aromatic rings. The number of rotatable bonds is 3. The smallest absolute Gasteiger partial charge is 0.229 e. The monoisotopic (exact) mass is 217 g/mol. The fraction of sp³-hybridized carbons (Fsp3) is 0.385. The maximum absolute atomic E-state index is 11.5. The standard InChI is InChI=1S/C13H15NO2/c15-12-7-4-8-13(16)14(12)10-9-11-5-2-1-3-6-11/h1-3,5-6H,4,7-10H2. The molecule has 1 heterocycles. The number of carbonyl (C=O) groups is 2. The maximum atomic E-state index is 11.5. The Kier molecular flexibility index (Phi) is 3.34. The van der Waals surface area contributed by atoms with E-state index >= 15 is 0 Å². The number of piperidine rings is 1. The molecule has 2 rings (SSSR count). The normalized spacial score (nSPS) is 16.6. The number of benzene rings is 1. The second kappa shape index (κ2) is 4.92. The van der Waals surface area contributed by atoms with Gasteiger partial charge in [0.1, 0.15) is 0 Å². The Bertz CT molecular complexity index is 370. The molecule has 16 heavy (non-hydrogen) atoms. The minimum Gasteiger partial charge on any atom is -0.282 e. The van der Waals surface area contributed by atoms with Crippen LogP contribution in [0.2, 0.25) is 0 Å². The molecule has 0 spiro atoms. The zero-order chi connectivity index (χ0) is 11.4. The summed E-state index contributed by atoms with van der Waals surface area (Å²) >= 11 is 0. The first-order valence-electron chi connectivity index (χ1n) is 5.64. The van der Waals surface area contributed by atoms with Crippen molar-refractivity contribution in [3.8, 4) is 0 Å². The van der Waals surface area contributed by atoms with Crippen LogP contribution in [0.15, 0.2) is 30.3 Å². The summed E-state index contributed by atoms with van der Waals surface area (Å²) in [6.07, 6.45) is 2.49. The second-order valence-corrected chi connectivity index (χ2v) is 4.03. The third-order valence-electron chi connectivity index (χ3n) is 2.85. The lowest BCUT2D eigenvalue weighted by atomic mass is 10.1. The van der Waals surface area contributed by atoms with E-state index in [1.54, 1.807) is 0 Å². The summed E-state index contributed by atoms with van der Waals surface area (Å²) in [5, 5.41) is 0. The Balaban J connectivity index is 1.94. The lowest BCUT2D eigenvalue weighted by Gasteiger charge is -2.24. The van der Waals surface area contributed by atoms with E-state index in [0.717, 1.165) is 12.0 Å². The van der Waals surface area contributed by atoms with Crippen molar-refractivity contribution in [1.29, 1.82) is 0 Å². The van der Waals surface area contributed by atoms with Crippen LogP contribution in [0.1, 0.15) is 24.8 Å². The third kappa shape index (κ3) is 2.48. The molecule has 0 radical (unpaired) electrons. The van der Waals surface area contributed by atoms with E-state index < -0.39 is 0 Å². The quantitative estimate of drug-likeness (QED) is 0.723. The molecule has 0 saturated carbocycles. The van der Waals surface area contributed by atoms with E-state index in [2.05, 4.69) is 0 Å². The van der Waals surface area contributed by atoms with Gasteiger partial charge in [-0.1, -0.05) is 30.3 Å². The molecule has 0 aliphatic carbocycles. The lowest BCUT2D eigenvalue weighted by Crippen LogP contribution is -2.41. The molecule has 0 N–H and O–H groups in total. The third-order valence-corrected chi connectivity index (χ3v) is 2.85. The minimum atomic E-state index is -0.0211. The highest BCUT2D eigenvalue weighted by molar-refractivity contribution is 5.97. The van der Waals surface area contributed by atoms with Gasteiger partial charge >= 0.3 is 0 Å². The fourth-order valence-corrected chi connectivity index (χ4v) is 1.93. The van der Waals surface area contributed by atoms with Gasteiger partial charge in [0, 0.05) is 19.4 Å². The lowest BCUT2D eigenvalue weighted by molar-refractivity contribution is -0.147. The highest BCUT2D eigenvalue weighted by Gasteiger charge is 2.24. The molecule has 3 heteroatoms. The Labute approximate surface area is 95.1 Å². The van der Waals surface area contributed by atoms with Crippen molar-refractivity contribution in [2.24, 2.45) is 0 Å². The van der Waals surface area contributed by atoms with Gasteiger partial charge in [0.05, 0.1) is 0 Å². The van der Waals surface area contributed by atoms with E-state index in [4.69, 9.17) is 0 Å². The topological polar surface area (TPSA) is 37.4 Å². The SMILES string of the molecule is O=C1CCCC(=O)N1CCc1ccccc1. The zero-order valence-electron chi connectivity index (χ0n) is 9.19. The summed E-state index contributed by atoms with van der Waals surface area (Å²) < 4.78 is 0. The second-order valence-electron chi connectivity index (χ2n) is 4.03. The van der Waals surface area contributed by atoms with E-state index in [1.807, 2.05) is 30.3 Å². The van der Waals surface area contributed by atoms with Crippen LogP contribution in [-0.4, -0.2) is 23.3 Å². The van der Waals surface area contributed by atoms with Crippen molar-refractivity contribution in [3.63, 3.8) is 0 Å². The number of nitrogens with zero attached hydrogens (tertiary/aromatic N) is 1. The molecule has 1 aliphatic rings. The van der Waals surface area contributed by atoms with Crippen molar-refractivity contribution in [1.82, 2.24) is 4.90 Å². The van der Waals surface area contributed by atoms with Crippen LogP contribution in [0.25, 0.3) is 0 Å². The maximum Gasteiger partial charge on any atom is 0.229 e. The first-order chi connectivity index (χ1) is 7.77. The van der Waals surface area contributed by atoms with Gasteiger partial charge in [0.25, 0.3) is 0 Å². The molecule has 1 aromatic carbocycles. The summed E-state index contributed by atoms with van der Waals surface area (Å²) in [6, 6.07) is 9.92. The molecule has 2 amide bonds. The largest absolute Gasteiger partial charge is 0.282 e. The molecule has 84 valence electrons. The summed E-state index contributed by atoms with van der Waals surface area (Å²) in [5.74, 6) is -0.0423. The number of amides is 2. The van der Waals surface area contributed by atoms with Crippen LogP contribution >= 0.6 is 0 Å². The molecule has 1 aliphatic heterocycles. The van der Waals surface area contributed by atoms with E-state index in [-0.39, 0.29) is 11.8 Å². The fourth-order valence-electron chi connectivity index (χ4n) is 1.93. The number of hydrogen-bond donors (Lipinski definition) is 0. The van der Waals surface area contributed by atoms with Crippen LogP contribution in [0.5, 0.6) is 0 Å². The molecule has 1 saturated heterocycles. The zero-order valence-corrected chi connectivity index (χ0v) is 9.19. The Hall–Kier alpha value is -1.64. The number of likely N-dealkylation sites (tertiary alicyclic amines) is 1. The minimum absolute atomic E-state index is 0.0211. The van der Waals surface area contributed by atoms with Crippen LogP contribution in [0.3, 0.4) is 0 Å². The van der Waals surface area contributed by atoms with Crippen molar-refractivity contribution in [2.45, 2.75) is 25.7 Å². The van der Waals surface area contributed by atoms with Crippen molar-refractivity contribution < 1.29 is 9.59 Å². The van der Waals surface area contributed by atoms with Crippen LogP contribution < -0.4 is 0 Å². The summed E-state index contributed by atoms with van der Waals surface area (Å²) in [7, 11) is 0. The molecular formula is C13H15NO2. The van der Waals surface area contributed by atoms with Crippen LogP contribution in [0, 0.1) is 0 Å². The van der Waals surface area contributed by atoms with E-state index in [9.17, 15) is 9.59 Å². The Morgan fingerprint density at radius 1 is 1.00 bits per heavy atom. The van der Waals surface area contributed by atoms with E-state index in [0.29, 0.717) is 25.8 Å². The average molecular weight is 217 g/mol. The van der Waals surface area contributed by atoms with Gasteiger partial charge in [-0.05, 0) is 18.4 Å². The van der Waals surface area contributed by atoms with Gasteiger partial charge in [-0.15, -0.1) is 0 Å². The van der Waals surface area contributed by atoms with Gasteiger partial charge in [0.15, 0.2) is 0 Å². The van der Waals surface area contributed by atoms with Gasteiger partial charge in [0.2, 0.25) is 11.8 Å². The van der Waals surface area contributed by atoms with E-state index in [1.165, 1.54) is 4.90 Å². The molecule has 1 fully saturated rings. The number of carbonyl (C=O) groups excluding carboxylic acids is 2. The van der Waals surface area contributed by atoms with Crippen molar-refractivity contribution in [3.05, 3.63) is 35.9 Å². The molecule has 0 aromatic heterocycles. The first-order valence-corrected chi connectivity index (χ1v) is 5.64. The Morgan fingerprint density at radius 2 is 1.62 bits per heavy atom. The number of hydrogen-bond acceptors (Lipinski definition) is 2. The van der Waals surface area contributed by atoms with Crippen molar-refractivity contribution >= 4 is 11.8 Å². The van der Waals surface area contributed by atoms with Crippen LogP contribution in [-0.2, 0) is 16.0 Å². The average Bonchev–Trinajstić information content (AvgIpc) is 2.30. The summed E-state index contributed by atoms with van der Waals surface area (Å²) in [5.41, 5.74) is 1.16. The predicted molar refractivity (Wildman–Crippen MR) is 60.7 cm³/mol. The van der Waals surface area contributed by atoms with Crippen molar-refractivity contribution in [2.75, 3.05) is 6.54 Å². The predicted octanol–water partition coefficient (Wildman–Crippen LogP) is 1.77. The van der Waals surface area contributed by atoms with Crippen LogP contribution in [0.4, 0.5) is 0 Å². The highest BCUT2D eigenvalue weighted by atomic mass is 16.2. The Morgan fingerprint density at radius 3 is 2.25 bits per heavy atom. The molecular weight excluding hydrogens is 202 g/mol. The van der Waals surface area contributed by atoms with Gasteiger partial charge in [-0.25, -0.2) is 0 Å². The molecule has 0 unspecified atom stereocenters. The van der Waals surface area contributed by atoms with Gasteiger partial charge in [-0.3, -0.25) is 14.5 Å². The molecule has 0 bridgehead atoms. The first kappa shape index (κ1) is 10.9. The summed E-state index contributed by atoms with van der Waals surface area (Å²) in [4.78, 5) is 24.5. The molecule has 0 atom stereocenters. The highest BCUT2D eigenvalue weighted by Crippen LogP contribution is 2.13. The molecule has 3 nitrogen and oxygen atoms in total.